The van der Waals surface area contributed by atoms with E-state index in [9.17, 15) is 0 Å². The number of nitrogens with zero attached hydrogens (tertiary/aromatic N) is 2. The lowest BCUT2D eigenvalue weighted by Crippen LogP contribution is -2.25. The van der Waals surface area contributed by atoms with Crippen molar-refractivity contribution in [2.45, 2.75) is 25.7 Å². The number of nitrogens with two attached hydrogens (primary N) is 1. The Morgan fingerprint density at radius 1 is 1.15 bits per heavy atom. The number of nitrogens with one attached hydrogen (secondary N) is 1. The van der Waals surface area contributed by atoms with E-state index in [0.29, 0.717) is 11.9 Å². The molecule has 136 valence electrons. The van der Waals surface area contributed by atoms with Gasteiger partial charge in [-0.25, -0.2) is 0 Å². The topological polar surface area (TPSA) is 53.6 Å². The van der Waals surface area contributed by atoms with Gasteiger partial charge in [-0.1, -0.05) is 22.0 Å². The third kappa shape index (κ3) is 4.04. The highest BCUT2D eigenvalue weighted by Crippen LogP contribution is 2.26. The molecule has 0 bridgehead atoms. The number of aliphatic imine (C=N–C) groups is 1. The number of benzene rings is 2. The van der Waals surface area contributed by atoms with Crippen molar-refractivity contribution in [2.75, 3.05) is 29.9 Å². The molecule has 0 aromatic heterocycles. The number of fused-ring (bicyclic) bond motifs is 1. The summed E-state index contributed by atoms with van der Waals surface area (Å²) >= 11 is 3.49. The van der Waals surface area contributed by atoms with Crippen molar-refractivity contribution in [3.63, 3.8) is 0 Å². The summed E-state index contributed by atoms with van der Waals surface area (Å²) in [6, 6.07) is 15.1. The van der Waals surface area contributed by atoms with Crippen molar-refractivity contribution >= 4 is 33.3 Å². The summed E-state index contributed by atoms with van der Waals surface area (Å²) in [7, 11) is 0. The molecule has 3 N–H and O–H groups in total. The maximum Gasteiger partial charge on any atom is 0.193 e. The van der Waals surface area contributed by atoms with Crippen molar-refractivity contribution in [2.24, 2.45) is 16.6 Å². The van der Waals surface area contributed by atoms with Gasteiger partial charge < -0.3 is 16.0 Å². The Hall–Kier alpha value is -2.01. The average Bonchev–Trinajstić information content (AvgIpc) is 3.29. The Kier molecular flexibility index (Phi) is 5.16. The van der Waals surface area contributed by atoms with E-state index in [-0.39, 0.29) is 0 Å². The molecule has 2 aliphatic rings. The second-order valence-electron chi connectivity index (χ2n) is 7.27. The molecule has 1 saturated heterocycles. The van der Waals surface area contributed by atoms with Crippen molar-refractivity contribution in [3.8, 4) is 0 Å². The maximum atomic E-state index is 6.11. The van der Waals surface area contributed by atoms with Crippen LogP contribution in [-0.4, -0.2) is 25.6 Å². The molecule has 1 atom stereocenters. The zero-order valence-corrected chi connectivity index (χ0v) is 16.5. The monoisotopic (exact) mass is 412 g/mol. The molecule has 26 heavy (non-hydrogen) atoms. The first kappa shape index (κ1) is 17.4. The van der Waals surface area contributed by atoms with E-state index in [4.69, 9.17) is 5.73 Å². The zero-order valence-electron chi connectivity index (χ0n) is 14.9. The fourth-order valence-corrected chi connectivity index (χ4v) is 4.20. The third-order valence-electron chi connectivity index (χ3n) is 5.37. The van der Waals surface area contributed by atoms with Gasteiger partial charge in [0.1, 0.15) is 0 Å². The van der Waals surface area contributed by atoms with Crippen molar-refractivity contribution in [1.82, 2.24) is 0 Å². The molecule has 1 heterocycles. The predicted molar refractivity (Wildman–Crippen MR) is 113 cm³/mol. The molecular formula is C21H25BrN4. The maximum absolute atomic E-state index is 6.11. The summed E-state index contributed by atoms with van der Waals surface area (Å²) in [5, 5.41) is 3.25. The quantitative estimate of drug-likeness (QED) is 0.584. The van der Waals surface area contributed by atoms with Crippen LogP contribution in [0.4, 0.5) is 11.4 Å². The minimum Gasteiger partial charge on any atom is -0.371 e. The molecule has 2 aromatic rings. The summed E-state index contributed by atoms with van der Waals surface area (Å²) in [6.45, 7) is 2.90. The molecule has 1 unspecified atom stereocenters. The fraction of sp³-hybridized carbons (Fsp3) is 0.381. The molecule has 5 heteroatoms. The van der Waals surface area contributed by atoms with Crippen molar-refractivity contribution in [3.05, 3.63) is 58.1 Å². The summed E-state index contributed by atoms with van der Waals surface area (Å²) < 4.78 is 1.12. The van der Waals surface area contributed by atoms with Crippen LogP contribution in [0.3, 0.4) is 0 Å². The molecule has 2 aromatic carbocycles. The highest BCUT2D eigenvalue weighted by Gasteiger charge is 2.22. The van der Waals surface area contributed by atoms with Gasteiger partial charge >= 0.3 is 0 Å². The highest BCUT2D eigenvalue weighted by molar-refractivity contribution is 9.10. The molecule has 4 nitrogen and oxygen atoms in total. The predicted octanol–water partition coefficient (Wildman–Crippen LogP) is 4.19. The number of hydrogen-bond donors (Lipinski definition) is 2. The van der Waals surface area contributed by atoms with E-state index in [2.05, 4.69) is 73.6 Å². The average molecular weight is 413 g/mol. The van der Waals surface area contributed by atoms with Gasteiger partial charge in [-0.15, -0.1) is 0 Å². The second kappa shape index (κ2) is 7.70. The number of hydrogen-bond acceptors (Lipinski definition) is 2. The standard InChI is InChI=1S/C21H25BrN4/c22-18-5-8-20(9-6-18)26-11-10-15(14-26)13-24-21(23)25-19-7-4-16-2-1-3-17(16)12-19/h4-9,12,15H,1-3,10-11,13-14H2,(H3,23,24,25). The van der Waals surface area contributed by atoms with Crippen LogP contribution in [0.1, 0.15) is 24.0 Å². The Morgan fingerprint density at radius 3 is 2.81 bits per heavy atom. The lowest BCUT2D eigenvalue weighted by Gasteiger charge is -2.18. The van der Waals surface area contributed by atoms with E-state index in [1.165, 1.54) is 36.1 Å². The van der Waals surface area contributed by atoms with Gasteiger partial charge in [0.05, 0.1) is 0 Å². The fourth-order valence-electron chi connectivity index (χ4n) is 3.93. The van der Waals surface area contributed by atoms with E-state index >= 15 is 0 Å². The molecule has 4 rings (SSSR count). The van der Waals surface area contributed by atoms with Crippen molar-refractivity contribution in [1.29, 1.82) is 0 Å². The van der Waals surface area contributed by atoms with Crippen LogP contribution >= 0.6 is 15.9 Å². The third-order valence-corrected chi connectivity index (χ3v) is 5.90. The Balaban J connectivity index is 1.31. The van der Waals surface area contributed by atoms with Gasteiger partial charge in [0.25, 0.3) is 0 Å². The first-order valence-electron chi connectivity index (χ1n) is 9.36. The molecule has 0 saturated carbocycles. The minimum atomic E-state index is 0.519. The first-order chi connectivity index (χ1) is 12.7. The van der Waals surface area contributed by atoms with Gasteiger partial charge in [0.15, 0.2) is 5.96 Å². The minimum absolute atomic E-state index is 0.519. The van der Waals surface area contributed by atoms with Gasteiger partial charge in [-0.05, 0) is 79.1 Å². The van der Waals surface area contributed by atoms with Gasteiger partial charge in [0.2, 0.25) is 0 Å². The van der Waals surface area contributed by atoms with E-state index in [0.717, 1.165) is 36.2 Å². The number of halogens is 1. The molecule has 0 radical (unpaired) electrons. The van der Waals surface area contributed by atoms with Crippen LogP contribution in [-0.2, 0) is 12.8 Å². The van der Waals surface area contributed by atoms with Crippen molar-refractivity contribution < 1.29 is 0 Å². The Morgan fingerprint density at radius 2 is 1.96 bits per heavy atom. The smallest absolute Gasteiger partial charge is 0.193 e. The lowest BCUT2D eigenvalue weighted by atomic mass is 10.1. The largest absolute Gasteiger partial charge is 0.371 e. The lowest BCUT2D eigenvalue weighted by molar-refractivity contribution is 0.603. The molecule has 1 aliphatic carbocycles. The first-order valence-corrected chi connectivity index (χ1v) is 10.2. The van der Waals surface area contributed by atoms with Gasteiger partial charge in [-0.2, -0.15) is 0 Å². The van der Waals surface area contributed by atoms with E-state index in [1.54, 1.807) is 0 Å². The molecule has 0 spiro atoms. The molecule has 1 aliphatic heterocycles. The normalized spacial score (nSPS) is 19.7. The highest BCUT2D eigenvalue weighted by atomic mass is 79.9. The van der Waals surface area contributed by atoms with Crippen LogP contribution in [0.25, 0.3) is 0 Å². The zero-order chi connectivity index (χ0) is 17.9. The van der Waals surface area contributed by atoms with Gasteiger partial charge in [0, 0.05) is 35.5 Å². The summed E-state index contributed by atoms with van der Waals surface area (Å²) in [6.07, 6.45) is 4.80. The number of aryl methyl sites for hydroxylation is 2. The van der Waals surface area contributed by atoms with E-state index < -0.39 is 0 Å². The van der Waals surface area contributed by atoms with Crippen LogP contribution in [0.5, 0.6) is 0 Å². The summed E-state index contributed by atoms with van der Waals surface area (Å²) in [4.78, 5) is 7.01. The molecular weight excluding hydrogens is 388 g/mol. The molecule has 1 fully saturated rings. The summed E-state index contributed by atoms with van der Waals surface area (Å²) in [5.74, 6) is 1.07. The molecule has 0 amide bonds. The van der Waals surface area contributed by atoms with Crippen LogP contribution in [0, 0.1) is 5.92 Å². The summed E-state index contributed by atoms with van der Waals surface area (Å²) in [5.41, 5.74) is 11.4. The number of anilines is 2. The van der Waals surface area contributed by atoms with Crippen LogP contribution < -0.4 is 16.0 Å². The Bertz CT molecular complexity index is 800. The van der Waals surface area contributed by atoms with Gasteiger partial charge in [-0.3, -0.25) is 4.99 Å². The second-order valence-corrected chi connectivity index (χ2v) is 8.18. The van der Waals surface area contributed by atoms with E-state index in [1.807, 2.05) is 0 Å². The number of guanidine groups is 1. The SMILES string of the molecule is NC(=NCC1CCN(c2ccc(Br)cc2)C1)Nc1ccc2c(c1)CCC2. The van der Waals surface area contributed by atoms with Crippen LogP contribution in [0.2, 0.25) is 0 Å². The van der Waals surface area contributed by atoms with Crippen LogP contribution in [0.15, 0.2) is 51.9 Å². The number of rotatable bonds is 4. The Labute approximate surface area is 163 Å².